The van der Waals surface area contributed by atoms with E-state index in [2.05, 4.69) is 20.3 Å². The van der Waals surface area contributed by atoms with Gasteiger partial charge in [-0.25, -0.2) is 15.0 Å². The number of anilines is 2. The van der Waals surface area contributed by atoms with Crippen molar-refractivity contribution in [3.05, 3.63) is 66.1 Å². The number of nitrogens with one attached hydrogen (secondary N) is 2. The molecule has 1 aromatic carbocycles. The Morgan fingerprint density at radius 2 is 1.85 bits per heavy atom. The molecule has 2 aromatic heterocycles. The molecule has 9 nitrogen and oxygen atoms in total. The third-order valence-corrected chi connectivity index (χ3v) is 6.20. The maximum Gasteiger partial charge on any atom is 0.256 e. The van der Waals surface area contributed by atoms with Crippen LogP contribution in [-0.4, -0.2) is 52.0 Å². The van der Waals surface area contributed by atoms with Gasteiger partial charge < -0.3 is 21.1 Å². The summed E-state index contributed by atoms with van der Waals surface area (Å²) in [6, 6.07) is 11.2. The average molecular weight is 446 g/mol. The maximum atomic E-state index is 12.9. The maximum absolute atomic E-state index is 12.9. The molecule has 170 valence electrons. The van der Waals surface area contributed by atoms with Crippen molar-refractivity contribution in [2.45, 2.75) is 24.7 Å². The zero-order valence-electron chi connectivity index (χ0n) is 18.5. The first kappa shape index (κ1) is 22.3. The molecule has 3 aromatic rings. The Hall–Kier alpha value is -3.85. The van der Waals surface area contributed by atoms with Crippen LogP contribution in [0.25, 0.3) is 11.1 Å². The van der Waals surface area contributed by atoms with Crippen LogP contribution in [0, 0.1) is 5.41 Å². The van der Waals surface area contributed by atoms with Crippen LogP contribution in [0.4, 0.5) is 11.8 Å². The second kappa shape index (κ2) is 9.33. The van der Waals surface area contributed by atoms with Crippen LogP contribution < -0.4 is 16.0 Å². The lowest BCUT2D eigenvalue weighted by molar-refractivity contribution is 0.0972. The van der Waals surface area contributed by atoms with Crippen molar-refractivity contribution in [2.24, 2.45) is 0 Å². The van der Waals surface area contributed by atoms with E-state index in [1.165, 1.54) is 0 Å². The van der Waals surface area contributed by atoms with Gasteiger partial charge in [0, 0.05) is 43.3 Å². The van der Waals surface area contributed by atoms with Crippen molar-refractivity contribution in [1.29, 1.82) is 5.41 Å². The Bertz CT molecular complexity index is 1140. The fourth-order valence-electron chi connectivity index (χ4n) is 4.02. The van der Waals surface area contributed by atoms with Gasteiger partial charge in [0.25, 0.3) is 5.91 Å². The smallest absolute Gasteiger partial charge is 0.256 e. The largest absolute Gasteiger partial charge is 0.395 e. The molecule has 0 radical (unpaired) electrons. The number of rotatable bonds is 7. The number of hydrogen-bond acceptors (Lipinski definition) is 8. The monoisotopic (exact) mass is 445 g/mol. The van der Waals surface area contributed by atoms with Crippen LogP contribution in [0.2, 0.25) is 0 Å². The fourth-order valence-corrected chi connectivity index (χ4v) is 4.02. The molecule has 9 heteroatoms. The standard InChI is InChI=1S/C24H27N7O2/c1-31(11-12-32)20-13-17(7-10-27-20)21(33)30-22(25)24(8-2-9-24)19-5-3-16(4-6-19)18-14-28-23(26)29-15-18/h3-7,10,13-15,32H,2,8-9,11-12H2,1H3,(H2,25,30,33)(H2,26,28,29). The highest BCUT2D eigenvalue weighted by Gasteiger charge is 2.43. The summed E-state index contributed by atoms with van der Waals surface area (Å²) in [5.74, 6) is 0.672. The molecule has 1 aliphatic rings. The molecule has 2 heterocycles. The highest BCUT2D eigenvalue weighted by atomic mass is 16.3. The van der Waals surface area contributed by atoms with Crippen LogP contribution in [0.1, 0.15) is 35.2 Å². The number of amidine groups is 1. The highest BCUT2D eigenvalue weighted by molar-refractivity contribution is 6.09. The quantitative estimate of drug-likeness (QED) is 0.323. The van der Waals surface area contributed by atoms with Gasteiger partial charge in [-0.05, 0) is 36.1 Å². The minimum atomic E-state index is -0.505. The van der Waals surface area contributed by atoms with Gasteiger partial charge in [0.05, 0.1) is 12.0 Å². The summed E-state index contributed by atoms with van der Waals surface area (Å²) in [6.45, 7) is 0.404. The first-order chi connectivity index (χ1) is 15.9. The lowest BCUT2D eigenvalue weighted by atomic mass is 9.63. The topological polar surface area (TPSA) is 141 Å². The summed E-state index contributed by atoms with van der Waals surface area (Å²) in [5.41, 5.74) is 8.30. The van der Waals surface area contributed by atoms with E-state index >= 15 is 0 Å². The van der Waals surface area contributed by atoms with E-state index in [1.54, 1.807) is 42.7 Å². The number of aromatic nitrogens is 3. The molecule has 1 saturated carbocycles. The molecule has 5 N–H and O–H groups in total. The second-order valence-electron chi connectivity index (χ2n) is 8.22. The second-order valence-corrected chi connectivity index (χ2v) is 8.22. The number of hydrogen-bond donors (Lipinski definition) is 4. The Kier molecular flexibility index (Phi) is 6.32. The first-order valence-electron chi connectivity index (χ1n) is 10.8. The fraction of sp³-hybridized carbons (Fsp3) is 0.292. The van der Waals surface area contributed by atoms with Crippen LogP contribution in [0.3, 0.4) is 0 Å². The molecule has 1 fully saturated rings. The van der Waals surface area contributed by atoms with Gasteiger partial charge >= 0.3 is 0 Å². The number of pyridine rings is 1. The van der Waals surface area contributed by atoms with Crippen LogP contribution in [-0.2, 0) is 5.41 Å². The van der Waals surface area contributed by atoms with Gasteiger partial charge in [-0.2, -0.15) is 0 Å². The van der Waals surface area contributed by atoms with E-state index < -0.39 is 5.41 Å². The minimum absolute atomic E-state index is 0.00802. The summed E-state index contributed by atoms with van der Waals surface area (Å²) >= 11 is 0. The third kappa shape index (κ3) is 4.54. The van der Waals surface area contributed by atoms with E-state index in [0.717, 1.165) is 36.0 Å². The Morgan fingerprint density at radius 3 is 2.45 bits per heavy atom. The van der Waals surface area contributed by atoms with Gasteiger partial charge in [-0.15, -0.1) is 0 Å². The van der Waals surface area contributed by atoms with Crippen molar-refractivity contribution in [3.8, 4) is 11.1 Å². The van der Waals surface area contributed by atoms with E-state index in [0.29, 0.717) is 17.9 Å². The van der Waals surface area contributed by atoms with E-state index in [-0.39, 0.29) is 24.3 Å². The van der Waals surface area contributed by atoms with E-state index in [9.17, 15) is 4.79 Å². The number of aliphatic hydroxyl groups is 1. The number of likely N-dealkylation sites (N-methyl/N-ethyl adjacent to an activating group) is 1. The molecule has 0 bridgehead atoms. The Morgan fingerprint density at radius 1 is 1.15 bits per heavy atom. The number of amides is 1. The zero-order chi connectivity index (χ0) is 23.4. The van der Waals surface area contributed by atoms with Crippen molar-refractivity contribution in [2.75, 3.05) is 30.8 Å². The summed E-state index contributed by atoms with van der Waals surface area (Å²) in [6.07, 6.45) is 7.52. The number of nitrogens with zero attached hydrogens (tertiary/aromatic N) is 4. The van der Waals surface area contributed by atoms with Crippen LogP contribution in [0.15, 0.2) is 55.0 Å². The number of nitrogen functional groups attached to an aromatic ring is 1. The van der Waals surface area contributed by atoms with Crippen LogP contribution >= 0.6 is 0 Å². The molecule has 1 aliphatic carbocycles. The Labute approximate surface area is 192 Å². The van der Waals surface area contributed by atoms with E-state index in [1.807, 2.05) is 24.3 Å². The third-order valence-electron chi connectivity index (χ3n) is 6.20. The SMILES string of the molecule is CN(CCO)c1cc(C(=O)NC(=N)C2(c3ccc(-c4cnc(N)nc4)cc3)CCC2)ccn1. The lowest BCUT2D eigenvalue weighted by Gasteiger charge is -2.42. The van der Waals surface area contributed by atoms with E-state index in [4.69, 9.17) is 16.2 Å². The van der Waals surface area contributed by atoms with Crippen molar-refractivity contribution in [3.63, 3.8) is 0 Å². The number of nitrogens with two attached hydrogens (primary N) is 1. The van der Waals surface area contributed by atoms with Gasteiger partial charge in [-0.1, -0.05) is 30.7 Å². The van der Waals surface area contributed by atoms with Crippen molar-refractivity contribution in [1.82, 2.24) is 20.3 Å². The molecule has 0 saturated heterocycles. The summed E-state index contributed by atoms with van der Waals surface area (Å²) in [4.78, 5) is 27.0. The molecule has 33 heavy (non-hydrogen) atoms. The number of carbonyl (C=O) groups is 1. The molecule has 4 rings (SSSR count). The predicted molar refractivity (Wildman–Crippen MR) is 127 cm³/mol. The molecular formula is C24H27N7O2. The van der Waals surface area contributed by atoms with Gasteiger partial charge in [0.1, 0.15) is 11.7 Å². The average Bonchev–Trinajstić information content (AvgIpc) is 2.79. The summed E-state index contributed by atoms with van der Waals surface area (Å²) in [5, 5.41) is 20.7. The molecular weight excluding hydrogens is 418 g/mol. The predicted octanol–water partition coefficient (Wildman–Crippen LogP) is 2.38. The first-order valence-corrected chi connectivity index (χ1v) is 10.8. The molecule has 0 aliphatic heterocycles. The van der Waals surface area contributed by atoms with Gasteiger partial charge in [0.15, 0.2) is 0 Å². The van der Waals surface area contributed by atoms with Gasteiger partial charge in [0.2, 0.25) is 5.95 Å². The van der Waals surface area contributed by atoms with Crippen molar-refractivity contribution >= 4 is 23.5 Å². The normalized spacial score (nSPS) is 14.2. The molecule has 0 atom stereocenters. The molecule has 0 unspecified atom stereocenters. The minimum Gasteiger partial charge on any atom is -0.395 e. The van der Waals surface area contributed by atoms with Gasteiger partial charge in [-0.3, -0.25) is 10.2 Å². The number of aliphatic hydroxyl groups excluding tert-OH is 1. The molecule has 1 amide bonds. The Balaban J connectivity index is 1.50. The lowest BCUT2D eigenvalue weighted by Crippen LogP contribution is -2.50. The number of benzene rings is 1. The van der Waals surface area contributed by atoms with Crippen molar-refractivity contribution < 1.29 is 9.90 Å². The summed E-state index contributed by atoms with van der Waals surface area (Å²) in [7, 11) is 1.80. The van der Waals surface area contributed by atoms with Crippen LogP contribution in [0.5, 0.6) is 0 Å². The highest BCUT2D eigenvalue weighted by Crippen LogP contribution is 2.44. The number of carbonyl (C=O) groups excluding carboxylic acids is 1. The zero-order valence-corrected chi connectivity index (χ0v) is 18.5. The summed E-state index contributed by atoms with van der Waals surface area (Å²) < 4.78 is 0. The molecule has 0 spiro atoms.